The molecular weight excluding hydrogens is 454 g/mol. The molecule has 0 saturated carbocycles. The van der Waals surface area contributed by atoms with E-state index in [9.17, 15) is 14.4 Å². The predicted molar refractivity (Wildman–Crippen MR) is 130 cm³/mol. The molecule has 2 atom stereocenters. The normalized spacial score (nSPS) is 15.4. The number of carbonyl (C=O) groups excluding carboxylic acids is 3. The number of likely N-dealkylation sites (N-methyl/N-ethyl adjacent to an activating group) is 1. The van der Waals surface area contributed by atoms with Crippen molar-refractivity contribution in [3.63, 3.8) is 0 Å². The summed E-state index contributed by atoms with van der Waals surface area (Å²) < 4.78 is 5.23. The largest absolute Gasteiger partial charge is 0.436 e. The first-order chi connectivity index (χ1) is 16.4. The molecule has 4 rings (SSSR count). The number of nitrogens with zero attached hydrogens (tertiary/aromatic N) is 1. The first kappa shape index (κ1) is 23.3. The second-order valence-corrected chi connectivity index (χ2v) is 8.34. The average molecular weight is 478 g/mol. The van der Waals surface area contributed by atoms with E-state index in [-0.39, 0.29) is 12.5 Å². The lowest BCUT2D eigenvalue weighted by Crippen LogP contribution is -2.45. The van der Waals surface area contributed by atoms with Gasteiger partial charge in [0.25, 0.3) is 11.8 Å². The number of rotatable bonds is 5. The molecular formula is C26H24ClN3O4. The summed E-state index contributed by atoms with van der Waals surface area (Å²) >= 11 is 6.09. The molecule has 8 heteroatoms. The Morgan fingerprint density at radius 3 is 2.41 bits per heavy atom. The van der Waals surface area contributed by atoms with Crippen LogP contribution in [0.3, 0.4) is 0 Å². The first-order valence-corrected chi connectivity index (χ1v) is 11.2. The fourth-order valence-electron chi connectivity index (χ4n) is 3.90. The molecule has 1 aliphatic heterocycles. The van der Waals surface area contributed by atoms with Gasteiger partial charge in [0.2, 0.25) is 0 Å². The maximum Gasteiger partial charge on any atom is 0.408 e. The monoisotopic (exact) mass is 477 g/mol. The quantitative estimate of drug-likeness (QED) is 0.568. The van der Waals surface area contributed by atoms with E-state index in [1.807, 2.05) is 48.5 Å². The maximum absolute atomic E-state index is 13.3. The van der Waals surface area contributed by atoms with Gasteiger partial charge >= 0.3 is 6.09 Å². The van der Waals surface area contributed by atoms with Crippen LogP contribution in [0.15, 0.2) is 72.8 Å². The molecule has 0 saturated heterocycles. The number of alkyl carbamates (subject to hydrolysis) is 1. The third kappa shape index (κ3) is 4.75. The Morgan fingerprint density at radius 1 is 1.00 bits per heavy atom. The summed E-state index contributed by atoms with van der Waals surface area (Å²) in [6, 6.07) is 21.2. The molecule has 2 N–H and O–H groups in total. The van der Waals surface area contributed by atoms with Gasteiger partial charge in [-0.3, -0.25) is 9.59 Å². The number of nitrogens with one attached hydrogen (secondary N) is 2. The summed E-state index contributed by atoms with van der Waals surface area (Å²) in [6.07, 6.45) is -1.89. The third-order valence-corrected chi connectivity index (χ3v) is 6.09. The molecule has 0 fully saturated rings. The number of benzene rings is 3. The molecule has 3 aromatic rings. The summed E-state index contributed by atoms with van der Waals surface area (Å²) in [7, 11) is 1.67. The Labute approximate surface area is 202 Å². The van der Waals surface area contributed by atoms with Gasteiger partial charge < -0.3 is 20.3 Å². The Balaban J connectivity index is 1.47. The van der Waals surface area contributed by atoms with Gasteiger partial charge in [-0.05, 0) is 35.7 Å². The van der Waals surface area contributed by atoms with E-state index < -0.39 is 24.1 Å². The highest BCUT2D eigenvalue weighted by Gasteiger charge is 2.34. The fraction of sp³-hybridized carbons (Fsp3) is 0.192. The van der Waals surface area contributed by atoms with Crippen molar-refractivity contribution in [2.24, 2.45) is 0 Å². The number of hydrogen-bond donors (Lipinski definition) is 2. The smallest absolute Gasteiger partial charge is 0.408 e. The topological polar surface area (TPSA) is 87.7 Å². The Bertz CT molecular complexity index is 1250. The van der Waals surface area contributed by atoms with Gasteiger partial charge in [-0.25, -0.2) is 4.79 Å². The van der Waals surface area contributed by atoms with E-state index >= 15 is 0 Å². The summed E-state index contributed by atoms with van der Waals surface area (Å²) in [5.41, 5.74) is 3.90. The fourth-order valence-corrected chi connectivity index (χ4v) is 4.10. The highest BCUT2D eigenvalue weighted by Crippen LogP contribution is 2.39. The predicted octanol–water partition coefficient (Wildman–Crippen LogP) is 4.46. The van der Waals surface area contributed by atoms with Crippen LogP contribution in [-0.4, -0.2) is 31.1 Å². The number of anilines is 1. The van der Waals surface area contributed by atoms with Gasteiger partial charge in [0.05, 0.1) is 5.69 Å². The van der Waals surface area contributed by atoms with Gasteiger partial charge in [0, 0.05) is 24.2 Å². The van der Waals surface area contributed by atoms with E-state index in [1.165, 1.54) is 11.8 Å². The molecule has 0 aromatic heterocycles. The van der Waals surface area contributed by atoms with Crippen LogP contribution in [0.4, 0.5) is 10.5 Å². The van der Waals surface area contributed by atoms with Crippen LogP contribution in [0, 0.1) is 0 Å². The van der Waals surface area contributed by atoms with Crippen LogP contribution in [0.5, 0.6) is 0 Å². The zero-order valence-electron chi connectivity index (χ0n) is 18.7. The molecule has 3 amide bonds. The minimum atomic E-state index is -1.12. The average Bonchev–Trinajstić information content (AvgIpc) is 2.93. The number of fused-ring (bicyclic) bond motifs is 3. The molecule has 7 nitrogen and oxygen atoms in total. The van der Waals surface area contributed by atoms with Crippen LogP contribution in [-0.2, 0) is 20.9 Å². The Morgan fingerprint density at radius 2 is 1.65 bits per heavy atom. The van der Waals surface area contributed by atoms with Crippen LogP contribution < -0.4 is 15.5 Å². The lowest BCUT2D eigenvalue weighted by molar-refractivity contribution is -0.132. The first-order valence-electron chi connectivity index (χ1n) is 10.8. The van der Waals surface area contributed by atoms with Crippen molar-refractivity contribution in [2.45, 2.75) is 25.6 Å². The highest BCUT2D eigenvalue weighted by atomic mass is 35.5. The molecule has 34 heavy (non-hydrogen) atoms. The third-order valence-electron chi connectivity index (χ3n) is 5.73. The van der Waals surface area contributed by atoms with Gasteiger partial charge in [-0.2, -0.15) is 0 Å². The van der Waals surface area contributed by atoms with Crippen LogP contribution in [0.1, 0.15) is 24.1 Å². The van der Waals surface area contributed by atoms with Crippen LogP contribution in [0.25, 0.3) is 11.1 Å². The van der Waals surface area contributed by atoms with E-state index in [0.29, 0.717) is 10.6 Å². The lowest BCUT2D eigenvalue weighted by atomic mass is 9.95. The van der Waals surface area contributed by atoms with Crippen LogP contribution in [0.2, 0.25) is 5.02 Å². The van der Waals surface area contributed by atoms with E-state index in [4.69, 9.17) is 16.3 Å². The number of para-hydroxylation sites is 1. The van der Waals surface area contributed by atoms with E-state index in [2.05, 4.69) is 10.6 Å². The number of ether oxygens (including phenoxy) is 1. The molecule has 0 aliphatic carbocycles. The zero-order valence-corrected chi connectivity index (χ0v) is 19.5. The zero-order chi connectivity index (χ0) is 24.2. The van der Waals surface area contributed by atoms with Gasteiger partial charge in [-0.15, -0.1) is 0 Å². The van der Waals surface area contributed by atoms with Crippen molar-refractivity contribution in [2.75, 3.05) is 11.9 Å². The second-order valence-electron chi connectivity index (χ2n) is 7.94. The van der Waals surface area contributed by atoms with Gasteiger partial charge in [0.15, 0.2) is 6.10 Å². The second kappa shape index (κ2) is 9.97. The molecule has 1 unspecified atom stereocenters. The van der Waals surface area contributed by atoms with Crippen molar-refractivity contribution in [1.29, 1.82) is 0 Å². The lowest BCUT2D eigenvalue weighted by Gasteiger charge is -2.24. The van der Waals surface area contributed by atoms with Crippen molar-refractivity contribution in [3.8, 4) is 11.1 Å². The number of halogens is 1. The minimum Gasteiger partial charge on any atom is -0.436 e. The SMILES string of the molecule is CC(OC(=O)NCc1ccccc1Cl)C(=O)N[C@@H]1C(=O)N(C)c2ccccc2-c2ccccc21. The van der Waals surface area contributed by atoms with Crippen molar-refractivity contribution in [3.05, 3.63) is 88.9 Å². The summed E-state index contributed by atoms with van der Waals surface area (Å²) in [4.78, 5) is 40.0. The van der Waals surface area contributed by atoms with E-state index in [1.54, 1.807) is 31.3 Å². The number of hydrogen-bond acceptors (Lipinski definition) is 4. The van der Waals surface area contributed by atoms with Crippen molar-refractivity contribution >= 4 is 35.2 Å². The standard InChI is InChI=1S/C26H24ClN3O4/c1-16(34-26(33)28-15-17-9-3-7-13-21(17)27)24(31)29-23-20-12-5-4-10-18(20)19-11-6-8-14-22(19)30(2)25(23)32/h3-14,16,23H,15H2,1-2H3,(H,28,33)(H,29,31)/t16?,23-/m0/s1. The van der Waals surface area contributed by atoms with Crippen molar-refractivity contribution in [1.82, 2.24) is 10.6 Å². The molecule has 1 heterocycles. The van der Waals surface area contributed by atoms with Gasteiger partial charge in [-0.1, -0.05) is 72.3 Å². The number of amides is 3. The van der Waals surface area contributed by atoms with E-state index in [0.717, 1.165) is 22.4 Å². The highest BCUT2D eigenvalue weighted by molar-refractivity contribution is 6.31. The van der Waals surface area contributed by atoms with Crippen molar-refractivity contribution < 1.29 is 19.1 Å². The summed E-state index contributed by atoms with van der Waals surface area (Å²) in [5, 5.41) is 5.86. The molecule has 0 bridgehead atoms. The maximum atomic E-state index is 13.3. The Hall–Kier alpha value is -3.84. The molecule has 1 aliphatic rings. The molecule has 3 aromatic carbocycles. The summed E-state index contributed by atoms with van der Waals surface area (Å²) in [6.45, 7) is 1.61. The summed E-state index contributed by atoms with van der Waals surface area (Å²) in [5.74, 6) is -0.874. The van der Waals surface area contributed by atoms with Gasteiger partial charge in [0.1, 0.15) is 6.04 Å². The molecule has 174 valence electrons. The van der Waals surface area contributed by atoms with Crippen LogP contribution >= 0.6 is 11.6 Å². The Kier molecular flexibility index (Phi) is 6.84. The number of carbonyl (C=O) groups is 3. The molecule has 0 radical (unpaired) electrons. The molecule has 0 spiro atoms. The minimum absolute atomic E-state index is 0.157.